The molecule has 0 saturated carbocycles. The van der Waals surface area contributed by atoms with E-state index in [-0.39, 0.29) is 24.3 Å². The number of aryl methyl sites for hydroxylation is 1. The molecule has 0 radical (unpaired) electrons. The average Bonchev–Trinajstić information content (AvgIpc) is 3.46. The zero-order chi connectivity index (χ0) is 27.8. The zero-order valence-corrected chi connectivity index (χ0v) is 23.2. The normalized spacial score (nSPS) is 19.7. The zero-order valence-electron chi connectivity index (χ0n) is 23.2. The number of likely N-dealkylation sites (tertiary alicyclic amines) is 1. The number of unbranched alkanes of at least 4 members (excludes halogenated alkanes) is 1. The Bertz CT molecular complexity index is 1100. The van der Waals surface area contributed by atoms with Crippen LogP contribution in [0.1, 0.15) is 42.9 Å². The smallest absolute Gasteiger partial charge is 0.245 e. The molecule has 2 aromatic carbocycles. The molecule has 2 aliphatic rings. The predicted molar refractivity (Wildman–Crippen MR) is 149 cm³/mol. The molecule has 2 unspecified atom stereocenters. The van der Waals surface area contributed by atoms with E-state index in [9.17, 15) is 14.7 Å². The minimum absolute atomic E-state index is 0.0843. The van der Waals surface area contributed by atoms with E-state index in [1.165, 1.54) is 0 Å². The lowest BCUT2D eigenvalue weighted by Crippen LogP contribution is -2.66. The molecule has 0 bridgehead atoms. The number of methoxy groups -OCH3 is 1. The fourth-order valence-electron chi connectivity index (χ4n) is 5.34. The number of hydrogen-bond donors (Lipinski definition) is 4. The average molecular weight is 539 g/mol. The monoisotopic (exact) mass is 538 g/mol. The Morgan fingerprint density at radius 1 is 1.18 bits per heavy atom. The molecule has 2 heterocycles. The summed E-state index contributed by atoms with van der Waals surface area (Å²) in [7, 11) is 1.61. The molecular weight excluding hydrogens is 496 g/mol. The van der Waals surface area contributed by atoms with Gasteiger partial charge in [-0.1, -0.05) is 49.7 Å². The fourth-order valence-corrected chi connectivity index (χ4v) is 5.34. The summed E-state index contributed by atoms with van der Waals surface area (Å²) in [6.07, 6.45) is 1.38. The van der Waals surface area contributed by atoms with E-state index < -0.39 is 17.7 Å². The molecule has 3 atom stereocenters. The molecule has 2 fully saturated rings. The summed E-state index contributed by atoms with van der Waals surface area (Å²) in [5.74, 6) is 0.215. The SMILES string of the molecule is CCCCOC1(c2ccccc2C)CN(C(=O)[C@@H](Cc2ccc(OC)cc2)NC(=O)CC(O)C2CNCN2)C1. The molecule has 0 aliphatic carbocycles. The lowest BCUT2D eigenvalue weighted by atomic mass is 9.82. The van der Waals surface area contributed by atoms with Gasteiger partial charge in [0.25, 0.3) is 0 Å². The number of aliphatic hydroxyl groups is 1. The second-order valence-electron chi connectivity index (χ2n) is 10.6. The van der Waals surface area contributed by atoms with E-state index in [2.05, 4.69) is 41.9 Å². The third-order valence-electron chi connectivity index (χ3n) is 7.66. The van der Waals surface area contributed by atoms with Crippen molar-refractivity contribution >= 4 is 11.8 Å². The van der Waals surface area contributed by atoms with Gasteiger partial charge in [-0.3, -0.25) is 14.9 Å². The number of benzene rings is 2. The number of aliphatic hydroxyl groups excluding tert-OH is 1. The molecule has 4 rings (SSSR count). The summed E-state index contributed by atoms with van der Waals surface area (Å²) in [4.78, 5) is 28.6. The van der Waals surface area contributed by atoms with Gasteiger partial charge in [-0.05, 0) is 42.2 Å². The standard InChI is InChI=1S/C30H42N4O5/c1-4-5-14-39-30(24-9-7-6-8-21(24)2)18-34(19-30)29(37)25(15-22-10-12-23(38-3)13-11-22)33-28(36)16-27(35)26-17-31-20-32-26/h6-13,25-27,31-32,35H,4-5,14-20H2,1-3H3,(H,33,36)/t25-,26?,27?/m1/s1. The van der Waals surface area contributed by atoms with Gasteiger partial charge in [0.1, 0.15) is 17.4 Å². The summed E-state index contributed by atoms with van der Waals surface area (Å²) in [5.41, 5.74) is 2.58. The van der Waals surface area contributed by atoms with Crippen LogP contribution in [0.3, 0.4) is 0 Å². The number of nitrogens with zero attached hydrogens (tertiary/aromatic N) is 1. The lowest BCUT2D eigenvalue weighted by Gasteiger charge is -2.51. The minimum Gasteiger partial charge on any atom is -0.497 e. The summed E-state index contributed by atoms with van der Waals surface area (Å²) in [5, 5.41) is 19.7. The minimum atomic E-state index is -0.846. The van der Waals surface area contributed by atoms with E-state index in [1.807, 2.05) is 36.4 Å². The lowest BCUT2D eigenvalue weighted by molar-refractivity contribution is -0.175. The molecule has 2 saturated heterocycles. The number of nitrogens with one attached hydrogen (secondary N) is 3. The molecule has 0 spiro atoms. The first-order chi connectivity index (χ1) is 18.8. The highest BCUT2D eigenvalue weighted by Crippen LogP contribution is 2.38. The maximum atomic E-state index is 13.8. The molecule has 9 nitrogen and oxygen atoms in total. The molecule has 4 N–H and O–H groups in total. The number of ether oxygens (including phenoxy) is 2. The van der Waals surface area contributed by atoms with Crippen molar-refractivity contribution in [3.63, 3.8) is 0 Å². The van der Waals surface area contributed by atoms with Crippen LogP contribution in [0.25, 0.3) is 0 Å². The van der Waals surface area contributed by atoms with Crippen molar-refractivity contribution in [2.24, 2.45) is 0 Å². The number of amides is 2. The number of hydrogen-bond acceptors (Lipinski definition) is 7. The Kier molecular flexibility index (Phi) is 9.96. The summed E-state index contributed by atoms with van der Waals surface area (Å²) >= 11 is 0. The predicted octanol–water partition coefficient (Wildman–Crippen LogP) is 1.86. The first-order valence-electron chi connectivity index (χ1n) is 13.9. The van der Waals surface area contributed by atoms with Crippen molar-refractivity contribution in [1.29, 1.82) is 0 Å². The van der Waals surface area contributed by atoms with Crippen LogP contribution < -0.4 is 20.7 Å². The highest BCUT2D eigenvalue weighted by atomic mass is 16.5. The van der Waals surface area contributed by atoms with Crippen molar-refractivity contribution in [2.75, 3.05) is 40.0 Å². The van der Waals surface area contributed by atoms with E-state index >= 15 is 0 Å². The molecule has 0 aromatic heterocycles. The maximum absolute atomic E-state index is 13.8. The van der Waals surface area contributed by atoms with Crippen LogP contribution in [-0.2, 0) is 26.3 Å². The van der Waals surface area contributed by atoms with Gasteiger partial charge in [-0.15, -0.1) is 0 Å². The summed E-state index contributed by atoms with van der Waals surface area (Å²) in [6, 6.07) is 14.7. The van der Waals surface area contributed by atoms with Crippen LogP contribution >= 0.6 is 0 Å². The largest absolute Gasteiger partial charge is 0.497 e. The molecular formula is C30H42N4O5. The number of rotatable bonds is 13. The van der Waals surface area contributed by atoms with Crippen molar-refractivity contribution in [3.05, 3.63) is 65.2 Å². The topological polar surface area (TPSA) is 112 Å². The maximum Gasteiger partial charge on any atom is 0.245 e. The Morgan fingerprint density at radius 3 is 2.56 bits per heavy atom. The van der Waals surface area contributed by atoms with E-state index in [0.29, 0.717) is 39.3 Å². The molecule has 2 aromatic rings. The van der Waals surface area contributed by atoms with Crippen molar-refractivity contribution in [3.8, 4) is 5.75 Å². The molecule has 2 amide bonds. The second-order valence-corrected chi connectivity index (χ2v) is 10.6. The van der Waals surface area contributed by atoms with Crippen LogP contribution in [0.4, 0.5) is 0 Å². The summed E-state index contributed by atoms with van der Waals surface area (Å²) in [6.45, 7) is 6.86. The third kappa shape index (κ3) is 7.16. The van der Waals surface area contributed by atoms with E-state index in [1.54, 1.807) is 12.0 Å². The quantitative estimate of drug-likeness (QED) is 0.288. The van der Waals surface area contributed by atoms with Crippen LogP contribution in [0, 0.1) is 6.92 Å². The highest BCUT2D eigenvalue weighted by molar-refractivity contribution is 5.89. The first kappa shape index (κ1) is 29.0. The Morgan fingerprint density at radius 2 is 1.92 bits per heavy atom. The Hall–Kier alpha value is -2.98. The van der Waals surface area contributed by atoms with Gasteiger partial charge < -0.3 is 30.1 Å². The third-order valence-corrected chi connectivity index (χ3v) is 7.66. The van der Waals surface area contributed by atoms with Gasteiger partial charge in [0.2, 0.25) is 11.8 Å². The van der Waals surface area contributed by atoms with Crippen molar-refractivity contribution in [1.82, 2.24) is 20.9 Å². The van der Waals surface area contributed by atoms with Crippen LogP contribution in [0.15, 0.2) is 48.5 Å². The Balaban J connectivity index is 1.48. The molecule has 2 aliphatic heterocycles. The van der Waals surface area contributed by atoms with Crippen molar-refractivity contribution in [2.45, 2.75) is 63.3 Å². The van der Waals surface area contributed by atoms with Crippen LogP contribution in [-0.4, -0.2) is 80.0 Å². The second kappa shape index (κ2) is 13.4. The summed E-state index contributed by atoms with van der Waals surface area (Å²) < 4.78 is 11.7. The van der Waals surface area contributed by atoms with Crippen LogP contribution in [0.5, 0.6) is 5.75 Å². The van der Waals surface area contributed by atoms with E-state index in [4.69, 9.17) is 9.47 Å². The molecule has 9 heteroatoms. The van der Waals surface area contributed by atoms with Crippen molar-refractivity contribution < 1.29 is 24.2 Å². The molecule has 212 valence electrons. The van der Waals surface area contributed by atoms with Gasteiger partial charge in [-0.2, -0.15) is 0 Å². The fraction of sp³-hybridized carbons (Fsp3) is 0.533. The van der Waals surface area contributed by atoms with Crippen LogP contribution in [0.2, 0.25) is 0 Å². The first-order valence-corrected chi connectivity index (χ1v) is 13.9. The molecule has 39 heavy (non-hydrogen) atoms. The van der Waals surface area contributed by atoms with Gasteiger partial charge in [0, 0.05) is 32.3 Å². The van der Waals surface area contributed by atoms with E-state index in [0.717, 1.165) is 35.3 Å². The highest BCUT2D eigenvalue weighted by Gasteiger charge is 2.49. The number of carbonyl (C=O) groups is 2. The Labute approximate surface area is 231 Å². The van der Waals surface area contributed by atoms with Gasteiger partial charge >= 0.3 is 0 Å². The van der Waals surface area contributed by atoms with Gasteiger partial charge in [0.15, 0.2) is 0 Å². The van der Waals surface area contributed by atoms with Gasteiger partial charge in [-0.25, -0.2) is 0 Å². The number of carbonyl (C=O) groups excluding carboxylic acids is 2. The van der Waals surface area contributed by atoms with Gasteiger partial charge in [0.05, 0.1) is 32.7 Å².